The molecule has 126 valence electrons. The summed E-state index contributed by atoms with van der Waals surface area (Å²) in [6, 6.07) is 13.7. The zero-order chi connectivity index (χ0) is 17.4. The zero-order valence-electron chi connectivity index (χ0n) is 15.8. The van der Waals surface area contributed by atoms with Crippen molar-refractivity contribution in [1.82, 2.24) is 0 Å². The molecule has 2 nitrogen and oxygen atoms in total. The highest BCUT2D eigenvalue weighted by atomic mass is 15.1. The van der Waals surface area contributed by atoms with Crippen molar-refractivity contribution >= 4 is 32.9 Å². The maximum atomic E-state index is 2.37. The molecule has 24 heavy (non-hydrogen) atoms. The molecule has 0 atom stereocenters. The van der Waals surface area contributed by atoms with Crippen LogP contribution in [0.2, 0.25) is 0 Å². The Morgan fingerprint density at radius 2 is 1.00 bits per heavy atom. The van der Waals surface area contributed by atoms with Gasteiger partial charge >= 0.3 is 0 Å². The van der Waals surface area contributed by atoms with Crippen molar-refractivity contribution < 1.29 is 0 Å². The van der Waals surface area contributed by atoms with E-state index in [2.05, 4.69) is 88.0 Å². The third-order valence-corrected chi connectivity index (χ3v) is 5.08. The molecule has 0 aromatic heterocycles. The first-order chi connectivity index (χ1) is 11.5. The number of benzene rings is 3. The highest BCUT2D eigenvalue weighted by Crippen LogP contribution is 2.43. The molecule has 0 bridgehead atoms. The number of fused-ring (bicyclic) bond motifs is 2. The van der Waals surface area contributed by atoms with Crippen LogP contribution in [-0.2, 0) is 0 Å². The van der Waals surface area contributed by atoms with Crippen LogP contribution in [0, 0.1) is 13.8 Å². The summed E-state index contributed by atoms with van der Waals surface area (Å²) < 4.78 is 0. The molecule has 0 fully saturated rings. The molecule has 0 heterocycles. The fraction of sp³-hybridized carbons (Fsp3) is 0.364. The van der Waals surface area contributed by atoms with Gasteiger partial charge in [0, 0.05) is 48.7 Å². The van der Waals surface area contributed by atoms with Gasteiger partial charge in [0.25, 0.3) is 0 Å². The fourth-order valence-corrected chi connectivity index (χ4v) is 3.55. The van der Waals surface area contributed by atoms with Crippen LogP contribution in [0.15, 0.2) is 36.4 Å². The normalized spacial score (nSPS) is 11.2. The summed E-state index contributed by atoms with van der Waals surface area (Å²) >= 11 is 0. The first-order valence-electron chi connectivity index (χ1n) is 8.86. The van der Waals surface area contributed by atoms with E-state index < -0.39 is 0 Å². The van der Waals surface area contributed by atoms with Crippen LogP contribution in [0.1, 0.15) is 25.0 Å². The van der Waals surface area contributed by atoms with Crippen molar-refractivity contribution in [2.75, 3.05) is 37.0 Å². The molecule has 0 saturated carbocycles. The van der Waals surface area contributed by atoms with Crippen molar-refractivity contribution in [3.8, 4) is 0 Å². The van der Waals surface area contributed by atoms with Crippen molar-refractivity contribution in [3.05, 3.63) is 47.5 Å². The average molecular weight is 320 g/mol. The first kappa shape index (κ1) is 16.6. The van der Waals surface area contributed by atoms with E-state index in [9.17, 15) is 0 Å². The molecule has 0 unspecified atom stereocenters. The first-order valence-corrected chi connectivity index (χ1v) is 8.86. The second kappa shape index (κ2) is 6.35. The number of anilines is 2. The summed E-state index contributed by atoms with van der Waals surface area (Å²) in [7, 11) is 4.39. The lowest BCUT2D eigenvalue weighted by atomic mass is 9.94. The Bertz CT molecular complexity index is 832. The van der Waals surface area contributed by atoms with Gasteiger partial charge in [-0.1, -0.05) is 35.4 Å². The molecule has 0 aliphatic heterocycles. The van der Waals surface area contributed by atoms with Crippen LogP contribution in [0.4, 0.5) is 11.4 Å². The van der Waals surface area contributed by atoms with E-state index in [0.717, 1.165) is 13.1 Å². The molecule has 0 aliphatic rings. The molecule has 0 spiro atoms. The van der Waals surface area contributed by atoms with Gasteiger partial charge in [0.1, 0.15) is 0 Å². The van der Waals surface area contributed by atoms with E-state index in [1.807, 2.05) is 0 Å². The second-order valence-electron chi connectivity index (χ2n) is 6.82. The quantitative estimate of drug-likeness (QED) is 0.461. The van der Waals surface area contributed by atoms with Gasteiger partial charge in [0.2, 0.25) is 0 Å². The highest BCUT2D eigenvalue weighted by molar-refractivity contribution is 6.20. The maximum absolute atomic E-state index is 2.37. The van der Waals surface area contributed by atoms with Crippen molar-refractivity contribution in [3.63, 3.8) is 0 Å². The van der Waals surface area contributed by atoms with Gasteiger partial charge in [-0.25, -0.2) is 0 Å². The molecule has 0 N–H and O–H groups in total. The number of aryl methyl sites for hydroxylation is 2. The number of hydrogen-bond donors (Lipinski definition) is 0. The van der Waals surface area contributed by atoms with Crippen LogP contribution >= 0.6 is 0 Å². The summed E-state index contributed by atoms with van der Waals surface area (Å²) in [5, 5.41) is 5.40. The van der Waals surface area contributed by atoms with E-state index in [-0.39, 0.29) is 0 Å². The van der Waals surface area contributed by atoms with E-state index in [4.69, 9.17) is 0 Å². The van der Waals surface area contributed by atoms with Crippen LogP contribution in [0.5, 0.6) is 0 Å². The zero-order valence-corrected chi connectivity index (χ0v) is 15.8. The molecule has 2 heteroatoms. The molecule has 0 aliphatic carbocycles. The second-order valence-corrected chi connectivity index (χ2v) is 6.82. The predicted molar refractivity (Wildman–Crippen MR) is 109 cm³/mol. The standard InChI is InChI=1S/C22H28N2/c1-7-23(5)21-17-11-9-15(3)13-19(17)22(24(6)8-2)20-14-16(4)10-12-18(20)21/h9-14H,7-8H2,1-6H3. The monoisotopic (exact) mass is 320 g/mol. The highest BCUT2D eigenvalue weighted by Gasteiger charge is 2.18. The van der Waals surface area contributed by atoms with Crippen molar-refractivity contribution in [1.29, 1.82) is 0 Å². The molecule has 3 rings (SSSR count). The number of rotatable bonds is 4. The minimum absolute atomic E-state index is 0.995. The maximum Gasteiger partial charge on any atom is 0.0524 e. The van der Waals surface area contributed by atoms with Crippen molar-refractivity contribution in [2.24, 2.45) is 0 Å². The SMILES string of the molecule is CCN(C)c1c2ccc(C)cc2c(N(C)CC)c2cc(C)ccc12. The number of hydrogen-bond acceptors (Lipinski definition) is 2. The average Bonchev–Trinajstić information content (AvgIpc) is 2.58. The summed E-state index contributed by atoms with van der Waals surface area (Å²) in [6.45, 7) is 10.8. The van der Waals surface area contributed by atoms with E-state index in [1.165, 1.54) is 44.0 Å². The van der Waals surface area contributed by atoms with Gasteiger partial charge in [0.05, 0.1) is 11.4 Å². The predicted octanol–water partition coefficient (Wildman–Crippen LogP) is 5.52. The smallest absolute Gasteiger partial charge is 0.0524 e. The third-order valence-electron chi connectivity index (χ3n) is 5.08. The lowest BCUT2D eigenvalue weighted by Gasteiger charge is -2.28. The lowest BCUT2D eigenvalue weighted by Crippen LogP contribution is -2.19. The molecule has 0 radical (unpaired) electrons. The molecular weight excluding hydrogens is 292 g/mol. The van der Waals surface area contributed by atoms with Gasteiger partial charge in [-0.05, 0) is 39.8 Å². The van der Waals surface area contributed by atoms with Crippen molar-refractivity contribution in [2.45, 2.75) is 27.7 Å². The molecule has 0 saturated heterocycles. The van der Waals surface area contributed by atoms with Crippen LogP contribution in [0.25, 0.3) is 21.5 Å². The summed E-state index contributed by atoms with van der Waals surface area (Å²) in [5.74, 6) is 0. The molecule has 3 aromatic carbocycles. The van der Waals surface area contributed by atoms with Crippen LogP contribution in [0.3, 0.4) is 0 Å². The summed E-state index contributed by atoms with van der Waals surface area (Å²) in [5.41, 5.74) is 5.31. The van der Waals surface area contributed by atoms with E-state index in [0.29, 0.717) is 0 Å². The topological polar surface area (TPSA) is 6.48 Å². The van der Waals surface area contributed by atoms with Gasteiger partial charge in [-0.2, -0.15) is 0 Å². The van der Waals surface area contributed by atoms with Gasteiger partial charge in [-0.3, -0.25) is 0 Å². The summed E-state index contributed by atoms with van der Waals surface area (Å²) in [4.78, 5) is 4.74. The molecule has 3 aromatic rings. The Kier molecular flexibility index (Phi) is 4.40. The third kappa shape index (κ3) is 2.60. The fourth-order valence-electron chi connectivity index (χ4n) is 3.55. The number of nitrogens with zero attached hydrogens (tertiary/aromatic N) is 2. The molecular formula is C22H28N2. The van der Waals surface area contributed by atoms with Gasteiger partial charge < -0.3 is 9.80 Å². The lowest BCUT2D eigenvalue weighted by molar-refractivity contribution is 0.972. The summed E-state index contributed by atoms with van der Waals surface area (Å²) in [6.07, 6.45) is 0. The Morgan fingerprint density at radius 1 is 0.625 bits per heavy atom. The van der Waals surface area contributed by atoms with E-state index >= 15 is 0 Å². The Morgan fingerprint density at radius 3 is 1.38 bits per heavy atom. The Balaban J connectivity index is 2.58. The Hall–Kier alpha value is -2.22. The van der Waals surface area contributed by atoms with Crippen LogP contribution in [-0.4, -0.2) is 27.2 Å². The van der Waals surface area contributed by atoms with Crippen LogP contribution < -0.4 is 9.80 Å². The minimum Gasteiger partial charge on any atom is -0.374 e. The van der Waals surface area contributed by atoms with Gasteiger partial charge in [0.15, 0.2) is 0 Å². The minimum atomic E-state index is 0.995. The van der Waals surface area contributed by atoms with Gasteiger partial charge in [-0.15, -0.1) is 0 Å². The Labute approximate surface area is 145 Å². The molecule has 0 amide bonds. The largest absolute Gasteiger partial charge is 0.374 e. The van der Waals surface area contributed by atoms with E-state index in [1.54, 1.807) is 0 Å².